The van der Waals surface area contributed by atoms with E-state index in [1.165, 1.54) is 0 Å². The zero-order valence-corrected chi connectivity index (χ0v) is 17.7. The van der Waals surface area contributed by atoms with Crippen molar-refractivity contribution in [3.63, 3.8) is 0 Å². The first-order valence-electron chi connectivity index (χ1n) is 8.88. The summed E-state index contributed by atoms with van der Waals surface area (Å²) in [4.78, 5) is 4.70. The van der Waals surface area contributed by atoms with Gasteiger partial charge in [0.1, 0.15) is 5.82 Å². The van der Waals surface area contributed by atoms with Gasteiger partial charge in [0.25, 0.3) is 0 Å². The molecule has 0 atom stereocenters. The summed E-state index contributed by atoms with van der Waals surface area (Å²) in [5.41, 5.74) is 2.50. The fraction of sp³-hybridized carbons (Fsp3) is 0.368. The lowest BCUT2D eigenvalue weighted by molar-refractivity contribution is 0.692. The highest BCUT2D eigenvalue weighted by Gasteiger charge is 2.12. The molecular weight excluding hydrogens is 414 g/mol. The van der Waals surface area contributed by atoms with E-state index in [1.54, 1.807) is 6.20 Å². The topological polar surface area (TPSA) is 54.2 Å². The number of fused-ring (bicyclic) bond motifs is 1. The molecular formula is C19H25BrClN5. The molecule has 0 radical (unpaired) electrons. The maximum atomic E-state index is 6.34. The van der Waals surface area contributed by atoms with Crippen LogP contribution in [0.15, 0.2) is 41.0 Å². The Hall–Kier alpha value is -1.63. The summed E-state index contributed by atoms with van der Waals surface area (Å²) in [6, 6.07) is 9.72. The van der Waals surface area contributed by atoms with Crippen molar-refractivity contribution in [1.29, 1.82) is 0 Å². The molecule has 2 N–H and O–H groups in total. The number of benzene rings is 1. The Morgan fingerprint density at radius 3 is 2.62 bits per heavy atom. The Labute approximate surface area is 168 Å². The summed E-state index contributed by atoms with van der Waals surface area (Å²) in [7, 11) is 1.97. The second-order valence-electron chi connectivity index (χ2n) is 5.47. The molecule has 0 amide bonds. The SMILES string of the molecule is CC.CNCCCCNc1cc(-c2ccccc2Cl)nc2c(Br)cnn12. The maximum absolute atomic E-state index is 6.34. The van der Waals surface area contributed by atoms with Crippen LogP contribution in [0, 0.1) is 0 Å². The standard InChI is InChI=1S/C17H19BrClN5.C2H6/c1-20-8-4-5-9-21-16-10-15(12-6-2-3-7-14(12)19)23-17-13(18)11-22-24(16)17;1-2/h2-3,6-7,10-11,20-21H,4-5,8-9H2,1H3;1-2H3. The smallest absolute Gasteiger partial charge is 0.172 e. The Balaban J connectivity index is 0.00000117. The number of halogens is 2. The third kappa shape index (κ3) is 4.96. The van der Waals surface area contributed by atoms with E-state index in [4.69, 9.17) is 16.6 Å². The monoisotopic (exact) mass is 437 g/mol. The van der Waals surface area contributed by atoms with Crippen molar-refractivity contribution in [2.24, 2.45) is 0 Å². The lowest BCUT2D eigenvalue weighted by Gasteiger charge is -2.11. The molecule has 5 nitrogen and oxygen atoms in total. The number of nitrogens with zero attached hydrogens (tertiary/aromatic N) is 3. The molecule has 0 aliphatic heterocycles. The van der Waals surface area contributed by atoms with Crippen LogP contribution in [0.25, 0.3) is 16.9 Å². The van der Waals surface area contributed by atoms with Gasteiger partial charge in [-0.15, -0.1) is 0 Å². The minimum Gasteiger partial charge on any atom is -0.370 e. The van der Waals surface area contributed by atoms with Crippen LogP contribution in [0.4, 0.5) is 5.82 Å². The molecule has 7 heteroatoms. The van der Waals surface area contributed by atoms with Crippen LogP contribution < -0.4 is 10.6 Å². The minimum atomic E-state index is 0.685. The molecule has 0 spiro atoms. The van der Waals surface area contributed by atoms with Gasteiger partial charge in [-0.2, -0.15) is 9.61 Å². The number of nitrogens with one attached hydrogen (secondary N) is 2. The van der Waals surface area contributed by atoms with E-state index in [0.29, 0.717) is 5.02 Å². The van der Waals surface area contributed by atoms with Gasteiger partial charge in [0.2, 0.25) is 0 Å². The fourth-order valence-electron chi connectivity index (χ4n) is 2.51. The largest absolute Gasteiger partial charge is 0.370 e. The summed E-state index contributed by atoms with van der Waals surface area (Å²) in [6.07, 6.45) is 3.96. The van der Waals surface area contributed by atoms with E-state index in [-0.39, 0.29) is 0 Å². The van der Waals surface area contributed by atoms with Crippen LogP contribution in [-0.2, 0) is 0 Å². The molecule has 0 saturated carbocycles. The van der Waals surface area contributed by atoms with E-state index < -0.39 is 0 Å². The molecule has 0 fully saturated rings. The molecule has 0 saturated heterocycles. The normalized spacial score (nSPS) is 10.5. The van der Waals surface area contributed by atoms with Crippen LogP contribution in [0.1, 0.15) is 26.7 Å². The number of aromatic nitrogens is 3. The summed E-state index contributed by atoms with van der Waals surface area (Å²) in [6.45, 7) is 5.89. The quantitative estimate of drug-likeness (QED) is 0.495. The summed E-state index contributed by atoms with van der Waals surface area (Å²) in [5.74, 6) is 0.907. The van der Waals surface area contributed by atoms with Crippen molar-refractivity contribution in [2.45, 2.75) is 26.7 Å². The Morgan fingerprint density at radius 2 is 1.88 bits per heavy atom. The van der Waals surface area contributed by atoms with Crippen LogP contribution >= 0.6 is 27.5 Å². The van der Waals surface area contributed by atoms with Gasteiger partial charge in [0.15, 0.2) is 5.65 Å². The van der Waals surface area contributed by atoms with Crippen molar-refractivity contribution in [3.8, 4) is 11.3 Å². The second-order valence-corrected chi connectivity index (χ2v) is 6.73. The van der Waals surface area contributed by atoms with Crippen LogP contribution in [0.3, 0.4) is 0 Å². The summed E-state index contributed by atoms with van der Waals surface area (Å²) >= 11 is 9.85. The number of hydrogen-bond donors (Lipinski definition) is 2. The molecule has 0 aliphatic carbocycles. The van der Waals surface area contributed by atoms with E-state index in [1.807, 2.05) is 55.7 Å². The average molecular weight is 439 g/mol. The van der Waals surface area contributed by atoms with E-state index >= 15 is 0 Å². The molecule has 1 aromatic carbocycles. The number of anilines is 1. The zero-order valence-electron chi connectivity index (χ0n) is 15.4. The number of rotatable bonds is 7. The Kier molecular flexibility index (Phi) is 8.35. The van der Waals surface area contributed by atoms with Gasteiger partial charge in [-0.25, -0.2) is 4.98 Å². The highest BCUT2D eigenvalue weighted by Crippen LogP contribution is 2.30. The first kappa shape index (κ1) is 20.7. The first-order valence-corrected chi connectivity index (χ1v) is 10.1. The highest BCUT2D eigenvalue weighted by molar-refractivity contribution is 9.10. The second kappa shape index (κ2) is 10.5. The van der Waals surface area contributed by atoms with Gasteiger partial charge in [-0.05, 0) is 48.4 Å². The number of unbranched alkanes of at least 4 members (excludes halogenated alkanes) is 1. The predicted molar refractivity (Wildman–Crippen MR) is 114 cm³/mol. The Bertz CT molecular complexity index is 834. The average Bonchev–Trinajstić information content (AvgIpc) is 3.05. The van der Waals surface area contributed by atoms with Crippen LogP contribution in [0.5, 0.6) is 0 Å². The van der Waals surface area contributed by atoms with Gasteiger partial charge in [0, 0.05) is 23.2 Å². The van der Waals surface area contributed by atoms with Gasteiger partial charge in [0.05, 0.1) is 16.4 Å². The zero-order chi connectivity index (χ0) is 18.9. The van der Waals surface area contributed by atoms with Crippen molar-refractivity contribution < 1.29 is 0 Å². The molecule has 0 bridgehead atoms. The molecule has 2 aromatic heterocycles. The molecule has 0 unspecified atom stereocenters. The molecule has 140 valence electrons. The van der Waals surface area contributed by atoms with Crippen molar-refractivity contribution >= 4 is 39.0 Å². The van der Waals surface area contributed by atoms with Crippen molar-refractivity contribution in [3.05, 3.63) is 46.0 Å². The lowest BCUT2D eigenvalue weighted by atomic mass is 10.1. The van der Waals surface area contributed by atoms with Gasteiger partial charge >= 0.3 is 0 Å². The Morgan fingerprint density at radius 1 is 1.15 bits per heavy atom. The summed E-state index contributed by atoms with van der Waals surface area (Å²) in [5, 5.41) is 11.7. The third-order valence-corrected chi connectivity index (χ3v) is 4.63. The summed E-state index contributed by atoms with van der Waals surface area (Å²) < 4.78 is 2.66. The van der Waals surface area contributed by atoms with Gasteiger partial charge in [-0.1, -0.05) is 43.6 Å². The first-order chi connectivity index (χ1) is 12.7. The van der Waals surface area contributed by atoms with Crippen LogP contribution in [0.2, 0.25) is 5.02 Å². The molecule has 0 aliphatic rings. The predicted octanol–water partition coefficient (Wildman–Crippen LogP) is 5.25. The fourth-order valence-corrected chi connectivity index (χ4v) is 3.09. The molecule has 26 heavy (non-hydrogen) atoms. The van der Waals surface area contributed by atoms with E-state index in [9.17, 15) is 0 Å². The molecule has 3 rings (SSSR count). The van der Waals surface area contributed by atoms with Crippen molar-refractivity contribution in [1.82, 2.24) is 19.9 Å². The van der Waals surface area contributed by atoms with E-state index in [2.05, 4.69) is 31.7 Å². The van der Waals surface area contributed by atoms with Crippen LogP contribution in [-0.4, -0.2) is 34.7 Å². The third-order valence-electron chi connectivity index (χ3n) is 3.74. The maximum Gasteiger partial charge on any atom is 0.172 e. The minimum absolute atomic E-state index is 0.685. The molecule has 3 aromatic rings. The van der Waals surface area contributed by atoms with E-state index in [0.717, 1.165) is 53.1 Å². The molecule has 2 heterocycles. The number of hydrogen-bond acceptors (Lipinski definition) is 4. The van der Waals surface area contributed by atoms with Gasteiger partial charge in [-0.3, -0.25) is 0 Å². The lowest BCUT2D eigenvalue weighted by Crippen LogP contribution is -2.12. The highest BCUT2D eigenvalue weighted by atomic mass is 79.9. The van der Waals surface area contributed by atoms with Crippen molar-refractivity contribution in [2.75, 3.05) is 25.5 Å². The van der Waals surface area contributed by atoms with Gasteiger partial charge < -0.3 is 10.6 Å².